The molecule has 0 spiro atoms. The zero-order valence-corrected chi connectivity index (χ0v) is 11.5. The van der Waals surface area contributed by atoms with E-state index < -0.39 is 0 Å². The molecule has 0 aromatic carbocycles. The van der Waals surface area contributed by atoms with Crippen LogP contribution in [0.15, 0.2) is 12.1 Å². The molecule has 3 heteroatoms. The van der Waals surface area contributed by atoms with Crippen molar-refractivity contribution in [1.29, 1.82) is 0 Å². The Labute approximate surface area is 107 Å². The molecule has 17 heavy (non-hydrogen) atoms. The molecule has 94 valence electrons. The van der Waals surface area contributed by atoms with Gasteiger partial charge < -0.3 is 5.32 Å². The third-order valence-electron chi connectivity index (χ3n) is 3.63. The van der Waals surface area contributed by atoms with Gasteiger partial charge in [0.2, 0.25) is 0 Å². The van der Waals surface area contributed by atoms with Crippen LogP contribution in [-0.2, 0) is 17.6 Å². The Morgan fingerprint density at radius 3 is 2.76 bits per heavy atom. The lowest BCUT2D eigenvalue weighted by molar-refractivity contribution is -0.125. The van der Waals surface area contributed by atoms with Gasteiger partial charge >= 0.3 is 0 Å². The molecule has 1 saturated heterocycles. The maximum absolute atomic E-state index is 12.3. The average Bonchev–Trinajstić information content (AvgIpc) is 2.78. The van der Waals surface area contributed by atoms with E-state index >= 15 is 0 Å². The molecule has 0 saturated carbocycles. The van der Waals surface area contributed by atoms with Crippen LogP contribution in [0.4, 0.5) is 0 Å². The molecule has 0 amide bonds. The molecule has 1 N–H and O–H groups in total. The number of carbonyl (C=O) groups is 1. The van der Waals surface area contributed by atoms with E-state index in [-0.39, 0.29) is 5.54 Å². The molecule has 1 aliphatic heterocycles. The van der Waals surface area contributed by atoms with E-state index in [9.17, 15) is 4.79 Å². The van der Waals surface area contributed by atoms with E-state index in [1.807, 2.05) is 0 Å². The molecule has 1 aromatic heterocycles. The zero-order valence-electron chi connectivity index (χ0n) is 10.7. The lowest BCUT2D eigenvalue weighted by atomic mass is 9.85. The van der Waals surface area contributed by atoms with Crippen molar-refractivity contribution < 1.29 is 4.79 Å². The Hall–Kier alpha value is -0.670. The third kappa shape index (κ3) is 2.96. The first-order valence-corrected chi connectivity index (χ1v) is 7.31. The normalized spacial score (nSPS) is 24.8. The fourth-order valence-corrected chi connectivity index (χ4v) is 3.31. The molecular formula is C14H21NOS. The standard InChI is InChI=1S/C14H21NOS/c1-3-11-6-7-12(17-11)10-13(16)14(2)8-4-5-9-15-14/h6-7,15H,3-5,8-10H2,1-2H3. The van der Waals surface area contributed by atoms with Crippen LogP contribution >= 0.6 is 11.3 Å². The number of rotatable bonds is 4. The summed E-state index contributed by atoms with van der Waals surface area (Å²) >= 11 is 1.78. The molecule has 0 radical (unpaired) electrons. The van der Waals surface area contributed by atoms with Crippen molar-refractivity contribution in [2.45, 2.75) is 51.5 Å². The van der Waals surface area contributed by atoms with Gasteiger partial charge in [-0.15, -0.1) is 11.3 Å². The second-order valence-electron chi connectivity index (χ2n) is 5.04. The number of carbonyl (C=O) groups excluding carboxylic acids is 1. The predicted molar refractivity (Wildman–Crippen MR) is 72.7 cm³/mol. The minimum absolute atomic E-state index is 0.283. The summed E-state index contributed by atoms with van der Waals surface area (Å²) in [4.78, 5) is 14.9. The minimum Gasteiger partial charge on any atom is -0.305 e. The lowest BCUT2D eigenvalue weighted by Crippen LogP contribution is -2.52. The van der Waals surface area contributed by atoms with Crippen LogP contribution in [-0.4, -0.2) is 17.9 Å². The molecule has 1 aliphatic rings. The van der Waals surface area contributed by atoms with Gasteiger partial charge in [-0.05, 0) is 51.3 Å². The van der Waals surface area contributed by atoms with Crippen molar-refractivity contribution in [3.63, 3.8) is 0 Å². The molecule has 1 atom stereocenters. The first kappa shape index (κ1) is 12.8. The maximum atomic E-state index is 12.3. The monoisotopic (exact) mass is 251 g/mol. The second kappa shape index (κ2) is 5.32. The van der Waals surface area contributed by atoms with Gasteiger partial charge in [0.1, 0.15) is 0 Å². The van der Waals surface area contributed by atoms with Gasteiger partial charge in [-0.25, -0.2) is 0 Å². The van der Waals surface area contributed by atoms with E-state index in [1.54, 1.807) is 11.3 Å². The first-order chi connectivity index (χ1) is 8.14. The highest BCUT2D eigenvalue weighted by Gasteiger charge is 2.33. The van der Waals surface area contributed by atoms with Gasteiger partial charge in [0, 0.05) is 16.2 Å². The number of Topliss-reactive ketones (excluding diaryl/α,β-unsaturated/α-hetero) is 1. The van der Waals surface area contributed by atoms with Gasteiger partial charge in [0.25, 0.3) is 0 Å². The summed E-state index contributed by atoms with van der Waals surface area (Å²) in [5.74, 6) is 0.349. The molecule has 0 aliphatic carbocycles. The van der Waals surface area contributed by atoms with Crippen LogP contribution in [0.5, 0.6) is 0 Å². The van der Waals surface area contributed by atoms with Gasteiger partial charge in [0.15, 0.2) is 5.78 Å². The minimum atomic E-state index is -0.283. The third-order valence-corrected chi connectivity index (χ3v) is 4.86. The van der Waals surface area contributed by atoms with Gasteiger partial charge in [-0.1, -0.05) is 6.92 Å². The number of hydrogen-bond donors (Lipinski definition) is 1. The summed E-state index contributed by atoms with van der Waals surface area (Å²) in [6.07, 6.45) is 5.00. The number of piperidine rings is 1. The summed E-state index contributed by atoms with van der Waals surface area (Å²) in [6, 6.07) is 4.25. The summed E-state index contributed by atoms with van der Waals surface area (Å²) in [5.41, 5.74) is -0.283. The SMILES string of the molecule is CCc1ccc(CC(=O)C2(C)CCCCN2)s1. The van der Waals surface area contributed by atoms with E-state index in [4.69, 9.17) is 0 Å². The lowest BCUT2D eigenvalue weighted by Gasteiger charge is -2.33. The van der Waals surface area contributed by atoms with Crippen LogP contribution in [0.25, 0.3) is 0 Å². The van der Waals surface area contributed by atoms with Crippen LogP contribution in [0.2, 0.25) is 0 Å². The molecule has 1 unspecified atom stereocenters. The van der Waals surface area contributed by atoms with E-state index in [1.165, 1.54) is 22.6 Å². The maximum Gasteiger partial charge on any atom is 0.157 e. The van der Waals surface area contributed by atoms with Crippen LogP contribution in [0.3, 0.4) is 0 Å². The Morgan fingerprint density at radius 2 is 2.18 bits per heavy atom. The molecular weight excluding hydrogens is 230 g/mol. The van der Waals surface area contributed by atoms with Crippen LogP contribution in [0.1, 0.15) is 42.9 Å². The second-order valence-corrected chi connectivity index (χ2v) is 6.29. The average molecular weight is 251 g/mol. The summed E-state index contributed by atoms with van der Waals surface area (Å²) in [7, 11) is 0. The Bertz CT molecular complexity index is 391. The highest BCUT2D eigenvalue weighted by Crippen LogP contribution is 2.24. The fourth-order valence-electron chi connectivity index (χ4n) is 2.35. The topological polar surface area (TPSA) is 29.1 Å². The van der Waals surface area contributed by atoms with Crippen LogP contribution in [0, 0.1) is 0 Å². The molecule has 1 fully saturated rings. The van der Waals surface area contributed by atoms with Crippen molar-refractivity contribution in [2.24, 2.45) is 0 Å². The molecule has 0 bridgehead atoms. The highest BCUT2D eigenvalue weighted by molar-refractivity contribution is 7.12. The molecule has 2 nitrogen and oxygen atoms in total. The number of ketones is 1. The van der Waals surface area contributed by atoms with Crippen molar-refractivity contribution in [1.82, 2.24) is 5.32 Å². The quantitative estimate of drug-likeness (QED) is 0.891. The van der Waals surface area contributed by atoms with E-state index in [0.29, 0.717) is 12.2 Å². The molecule has 2 heterocycles. The molecule has 1 aromatic rings. The van der Waals surface area contributed by atoms with Crippen LogP contribution < -0.4 is 5.32 Å². The van der Waals surface area contributed by atoms with Gasteiger partial charge in [-0.2, -0.15) is 0 Å². The van der Waals surface area contributed by atoms with Crippen molar-refractivity contribution in [3.05, 3.63) is 21.9 Å². The van der Waals surface area contributed by atoms with Crippen molar-refractivity contribution in [3.8, 4) is 0 Å². The molecule has 2 rings (SSSR count). The summed E-state index contributed by atoms with van der Waals surface area (Å²) < 4.78 is 0. The number of thiophene rings is 1. The zero-order chi connectivity index (χ0) is 12.3. The van der Waals surface area contributed by atoms with Gasteiger partial charge in [0.05, 0.1) is 5.54 Å². The summed E-state index contributed by atoms with van der Waals surface area (Å²) in [6.45, 7) is 5.19. The Balaban J connectivity index is 2.00. The summed E-state index contributed by atoms with van der Waals surface area (Å²) in [5, 5.41) is 3.39. The van der Waals surface area contributed by atoms with E-state index in [2.05, 4.69) is 31.3 Å². The highest BCUT2D eigenvalue weighted by atomic mass is 32.1. The largest absolute Gasteiger partial charge is 0.305 e. The van der Waals surface area contributed by atoms with Crippen molar-refractivity contribution in [2.75, 3.05) is 6.54 Å². The number of aryl methyl sites for hydroxylation is 1. The Morgan fingerprint density at radius 1 is 1.41 bits per heavy atom. The Kier molecular flexibility index (Phi) is 4.00. The smallest absolute Gasteiger partial charge is 0.157 e. The fraction of sp³-hybridized carbons (Fsp3) is 0.643. The van der Waals surface area contributed by atoms with Gasteiger partial charge in [-0.3, -0.25) is 4.79 Å². The first-order valence-electron chi connectivity index (χ1n) is 6.50. The number of nitrogens with one attached hydrogen (secondary N) is 1. The van der Waals surface area contributed by atoms with Crippen molar-refractivity contribution >= 4 is 17.1 Å². The van der Waals surface area contributed by atoms with E-state index in [0.717, 1.165) is 19.4 Å². The number of hydrogen-bond acceptors (Lipinski definition) is 3. The predicted octanol–water partition coefficient (Wildman–Crippen LogP) is 2.95.